The van der Waals surface area contributed by atoms with Crippen molar-refractivity contribution < 1.29 is 9.47 Å². The maximum Gasteiger partial charge on any atom is 0.161 e. The Morgan fingerprint density at radius 3 is 2.68 bits per heavy atom. The first kappa shape index (κ1) is 17.7. The van der Waals surface area contributed by atoms with Crippen molar-refractivity contribution >= 4 is 11.3 Å². The third-order valence-electron chi connectivity index (χ3n) is 5.52. The number of rotatable bonds is 4. The molecule has 2 aliphatic rings. The van der Waals surface area contributed by atoms with Gasteiger partial charge in [0, 0.05) is 29.2 Å². The predicted molar refractivity (Wildman–Crippen MR) is 112 cm³/mol. The van der Waals surface area contributed by atoms with Crippen molar-refractivity contribution in [1.82, 2.24) is 9.88 Å². The molecule has 0 saturated carbocycles. The van der Waals surface area contributed by atoms with Crippen LogP contribution in [0, 0.1) is 6.92 Å². The van der Waals surface area contributed by atoms with Crippen LogP contribution in [-0.4, -0.2) is 29.6 Å². The normalized spacial score (nSPS) is 19.1. The summed E-state index contributed by atoms with van der Waals surface area (Å²) < 4.78 is 11.5. The van der Waals surface area contributed by atoms with Crippen LogP contribution in [0.5, 0.6) is 11.5 Å². The van der Waals surface area contributed by atoms with Crippen molar-refractivity contribution in [2.24, 2.45) is 0 Å². The molecule has 28 heavy (non-hydrogen) atoms. The molecule has 5 heteroatoms. The number of thiazole rings is 1. The summed E-state index contributed by atoms with van der Waals surface area (Å²) in [6, 6.07) is 15.8. The van der Waals surface area contributed by atoms with E-state index in [-0.39, 0.29) is 0 Å². The highest BCUT2D eigenvalue weighted by Gasteiger charge is 2.27. The van der Waals surface area contributed by atoms with Crippen molar-refractivity contribution in [3.63, 3.8) is 0 Å². The van der Waals surface area contributed by atoms with Crippen LogP contribution in [-0.2, 0) is 6.54 Å². The number of hydrogen-bond acceptors (Lipinski definition) is 5. The Hall–Kier alpha value is -2.37. The number of benzene rings is 2. The molecule has 1 aromatic heterocycles. The van der Waals surface area contributed by atoms with Gasteiger partial charge in [0.25, 0.3) is 0 Å². The SMILES string of the molecule is Cc1csc(-c2ccc(CN3CCC[C@H]3c3ccc4c(c3)OCCO4)cc2)n1. The van der Waals surface area contributed by atoms with Crippen LogP contribution in [0.4, 0.5) is 0 Å². The highest BCUT2D eigenvalue weighted by molar-refractivity contribution is 7.13. The lowest BCUT2D eigenvalue weighted by molar-refractivity contribution is 0.170. The van der Waals surface area contributed by atoms with Gasteiger partial charge in [-0.1, -0.05) is 30.3 Å². The molecule has 5 rings (SSSR count). The molecule has 0 amide bonds. The Morgan fingerprint density at radius 1 is 1.07 bits per heavy atom. The quantitative estimate of drug-likeness (QED) is 0.609. The van der Waals surface area contributed by atoms with Crippen LogP contribution in [0.15, 0.2) is 47.8 Å². The second-order valence-electron chi connectivity index (χ2n) is 7.52. The predicted octanol–water partition coefficient (Wildman–Crippen LogP) is 5.23. The largest absolute Gasteiger partial charge is 0.486 e. The Labute approximate surface area is 169 Å². The van der Waals surface area contributed by atoms with Crippen LogP contribution in [0.25, 0.3) is 10.6 Å². The van der Waals surface area contributed by atoms with Gasteiger partial charge < -0.3 is 9.47 Å². The molecule has 3 heterocycles. The van der Waals surface area contributed by atoms with Gasteiger partial charge in [0.15, 0.2) is 11.5 Å². The van der Waals surface area contributed by atoms with Gasteiger partial charge >= 0.3 is 0 Å². The number of aryl methyl sites for hydroxylation is 1. The monoisotopic (exact) mass is 392 g/mol. The van der Waals surface area contributed by atoms with E-state index in [0.717, 1.165) is 35.3 Å². The fourth-order valence-electron chi connectivity index (χ4n) is 4.13. The first-order valence-corrected chi connectivity index (χ1v) is 10.8. The molecule has 0 bridgehead atoms. The first-order chi connectivity index (χ1) is 13.8. The maximum atomic E-state index is 5.79. The van der Waals surface area contributed by atoms with Crippen LogP contribution >= 0.6 is 11.3 Å². The van der Waals surface area contributed by atoms with Crippen molar-refractivity contribution in [2.45, 2.75) is 32.4 Å². The van der Waals surface area contributed by atoms with E-state index in [1.165, 1.54) is 29.5 Å². The van der Waals surface area contributed by atoms with Gasteiger partial charge in [-0.3, -0.25) is 4.90 Å². The zero-order chi connectivity index (χ0) is 18.9. The van der Waals surface area contributed by atoms with E-state index in [9.17, 15) is 0 Å². The lowest BCUT2D eigenvalue weighted by Gasteiger charge is -2.26. The summed E-state index contributed by atoms with van der Waals surface area (Å²) in [6.07, 6.45) is 2.42. The zero-order valence-corrected chi connectivity index (χ0v) is 16.9. The fourth-order valence-corrected chi connectivity index (χ4v) is 4.94. The van der Waals surface area contributed by atoms with E-state index in [0.29, 0.717) is 19.3 Å². The molecular weight excluding hydrogens is 368 g/mol. The van der Waals surface area contributed by atoms with E-state index in [1.54, 1.807) is 11.3 Å². The Kier molecular flexibility index (Phi) is 4.79. The minimum atomic E-state index is 0.442. The topological polar surface area (TPSA) is 34.6 Å². The first-order valence-electron chi connectivity index (χ1n) is 9.91. The summed E-state index contributed by atoms with van der Waals surface area (Å²) in [7, 11) is 0. The van der Waals surface area contributed by atoms with Gasteiger partial charge in [-0.2, -0.15) is 0 Å². The van der Waals surface area contributed by atoms with Crippen molar-refractivity contribution in [2.75, 3.05) is 19.8 Å². The van der Waals surface area contributed by atoms with E-state index < -0.39 is 0 Å². The average Bonchev–Trinajstić information content (AvgIpc) is 3.37. The van der Waals surface area contributed by atoms with Gasteiger partial charge in [0.1, 0.15) is 18.2 Å². The van der Waals surface area contributed by atoms with Gasteiger partial charge in [-0.25, -0.2) is 4.98 Å². The third-order valence-corrected chi connectivity index (χ3v) is 6.53. The van der Waals surface area contributed by atoms with E-state index >= 15 is 0 Å². The molecule has 2 aliphatic heterocycles. The summed E-state index contributed by atoms with van der Waals surface area (Å²) in [4.78, 5) is 7.16. The Morgan fingerprint density at radius 2 is 1.89 bits per heavy atom. The second-order valence-corrected chi connectivity index (χ2v) is 8.38. The van der Waals surface area contributed by atoms with Crippen molar-refractivity contribution in [1.29, 1.82) is 0 Å². The van der Waals surface area contributed by atoms with Crippen LogP contribution in [0.2, 0.25) is 0 Å². The van der Waals surface area contributed by atoms with Gasteiger partial charge in [-0.15, -0.1) is 11.3 Å². The van der Waals surface area contributed by atoms with Gasteiger partial charge in [0.05, 0.1) is 0 Å². The molecule has 2 aromatic carbocycles. The number of nitrogens with zero attached hydrogens (tertiary/aromatic N) is 2. The smallest absolute Gasteiger partial charge is 0.161 e. The molecule has 1 fully saturated rings. The van der Waals surface area contributed by atoms with Gasteiger partial charge in [0.2, 0.25) is 0 Å². The lowest BCUT2D eigenvalue weighted by Crippen LogP contribution is -2.23. The molecule has 4 nitrogen and oxygen atoms in total. The van der Waals surface area contributed by atoms with E-state index in [1.807, 2.05) is 6.92 Å². The molecule has 0 radical (unpaired) electrons. The molecule has 1 atom stereocenters. The summed E-state index contributed by atoms with van der Waals surface area (Å²) in [5.74, 6) is 1.76. The average molecular weight is 393 g/mol. The number of aromatic nitrogens is 1. The maximum absolute atomic E-state index is 5.79. The van der Waals surface area contributed by atoms with Crippen molar-refractivity contribution in [3.05, 3.63) is 64.7 Å². The number of ether oxygens (including phenoxy) is 2. The molecule has 0 N–H and O–H groups in total. The number of hydrogen-bond donors (Lipinski definition) is 0. The van der Waals surface area contributed by atoms with Crippen LogP contribution in [0.3, 0.4) is 0 Å². The van der Waals surface area contributed by atoms with E-state index in [4.69, 9.17) is 9.47 Å². The minimum Gasteiger partial charge on any atom is -0.486 e. The number of likely N-dealkylation sites (tertiary alicyclic amines) is 1. The Balaban J connectivity index is 1.32. The highest BCUT2D eigenvalue weighted by Crippen LogP contribution is 2.38. The molecule has 3 aromatic rings. The third kappa shape index (κ3) is 3.52. The van der Waals surface area contributed by atoms with Crippen LogP contribution in [0.1, 0.15) is 35.7 Å². The van der Waals surface area contributed by atoms with E-state index in [2.05, 4.69) is 57.7 Å². The second kappa shape index (κ2) is 7.57. The zero-order valence-electron chi connectivity index (χ0n) is 16.1. The molecule has 0 spiro atoms. The minimum absolute atomic E-state index is 0.442. The highest BCUT2D eigenvalue weighted by atomic mass is 32.1. The molecule has 144 valence electrons. The fraction of sp³-hybridized carbons (Fsp3) is 0.348. The molecule has 0 unspecified atom stereocenters. The lowest BCUT2D eigenvalue weighted by atomic mass is 10.0. The summed E-state index contributed by atoms with van der Waals surface area (Å²) in [5.41, 5.74) is 4.97. The standard InChI is InChI=1S/C23H24N2O2S/c1-16-15-28-23(24-16)18-6-4-17(5-7-18)14-25-10-2-3-20(25)19-8-9-21-22(13-19)27-12-11-26-21/h4-9,13,15,20H,2-3,10-12,14H2,1H3/t20-/m0/s1. The van der Waals surface area contributed by atoms with Crippen molar-refractivity contribution in [3.8, 4) is 22.1 Å². The Bertz CT molecular complexity index is 967. The summed E-state index contributed by atoms with van der Waals surface area (Å²) in [5, 5.41) is 3.20. The summed E-state index contributed by atoms with van der Waals surface area (Å²) >= 11 is 1.71. The molecular formula is C23H24N2O2S. The van der Waals surface area contributed by atoms with Crippen LogP contribution < -0.4 is 9.47 Å². The molecule has 1 saturated heterocycles. The summed E-state index contributed by atoms with van der Waals surface area (Å²) in [6.45, 7) is 5.41. The van der Waals surface area contributed by atoms with Gasteiger partial charge in [-0.05, 0) is 49.6 Å². The molecule has 0 aliphatic carbocycles. The number of fused-ring (bicyclic) bond motifs is 1.